The van der Waals surface area contributed by atoms with Crippen LogP contribution in [0, 0.1) is 17.1 Å². The first-order valence-electron chi connectivity index (χ1n) is 9.69. The van der Waals surface area contributed by atoms with E-state index in [-0.39, 0.29) is 5.82 Å². The maximum absolute atomic E-state index is 13.2. The van der Waals surface area contributed by atoms with E-state index in [1.165, 1.54) is 23.9 Å². The highest BCUT2D eigenvalue weighted by Gasteiger charge is 2.21. The number of nitriles is 1. The molecule has 0 aliphatic rings. The summed E-state index contributed by atoms with van der Waals surface area (Å²) < 4.78 is 21.1. The van der Waals surface area contributed by atoms with Crippen LogP contribution in [0.15, 0.2) is 84.0 Å². The molecule has 0 N–H and O–H groups in total. The monoisotopic (exact) mass is 430 g/mol. The molecule has 1 heterocycles. The maximum atomic E-state index is 13.2. The van der Waals surface area contributed by atoms with E-state index in [0.717, 1.165) is 11.3 Å². The number of halogens is 1. The van der Waals surface area contributed by atoms with Crippen molar-refractivity contribution in [3.63, 3.8) is 0 Å². The van der Waals surface area contributed by atoms with Crippen molar-refractivity contribution in [1.29, 1.82) is 5.26 Å². The predicted molar refractivity (Wildman–Crippen MR) is 118 cm³/mol. The summed E-state index contributed by atoms with van der Waals surface area (Å²) in [6.45, 7) is 1.88. The Kier molecular flexibility index (Phi) is 6.29. The summed E-state index contributed by atoms with van der Waals surface area (Å²) in [4.78, 5) is 0. The first kappa shape index (κ1) is 20.6. The van der Waals surface area contributed by atoms with Crippen LogP contribution in [-0.4, -0.2) is 14.8 Å². The van der Waals surface area contributed by atoms with Crippen molar-refractivity contribution in [2.45, 2.75) is 23.9 Å². The molecule has 4 aromatic rings. The van der Waals surface area contributed by atoms with Crippen LogP contribution >= 0.6 is 11.8 Å². The molecule has 1 atom stereocenters. The predicted octanol–water partition coefficient (Wildman–Crippen LogP) is 5.71. The zero-order valence-electron chi connectivity index (χ0n) is 16.8. The van der Waals surface area contributed by atoms with E-state index < -0.39 is 6.10 Å². The molecule has 0 radical (unpaired) electrons. The fourth-order valence-corrected chi connectivity index (χ4v) is 4.09. The highest BCUT2D eigenvalue weighted by atomic mass is 32.2. The number of hydrogen-bond donors (Lipinski definition) is 0. The number of thioether (sulfide) groups is 1. The molecule has 0 fully saturated rings. The van der Waals surface area contributed by atoms with Gasteiger partial charge in [0.15, 0.2) is 17.1 Å². The fourth-order valence-electron chi connectivity index (χ4n) is 3.13. The second-order valence-corrected chi connectivity index (χ2v) is 7.73. The molecule has 7 heteroatoms. The molecule has 3 aromatic carbocycles. The molecular weight excluding hydrogens is 411 g/mol. The molecule has 31 heavy (non-hydrogen) atoms. The minimum absolute atomic E-state index is 0.316. The highest BCUT2D eigenvalue weighted by molar-refractivity contribution is 7.98. The van der Waals surface area contributed by atoms with Gasteiger partial charge in [0.05, 0.1) is 11.6 Å². The van der Waals surface area contributed by atoms with Crippen molar-refractivity contribution in [1.82, 2.24) is 14.8 Å². The maximum Gasteiger partial charge on any atom is 0.196 e. The van der Waals surface area contributed by atoms with Gasteiger partial charge in [0.2, 0.25) is 0 Å². The first-order chi connectivity index (χ1) is 15.2. The van der Waals surface area contributed by atoms with Crippen LogP contribution in [0.4, 0.5) is 4.39 Å². The van der Waals surface area contributed by atoms with Crippen molar-refractivity contribution in [3.05, 3.63) is 102 Å². The Hall–Kier alpha value is -3.63. The summed E-state index contributed by atoms with van der Waals surface area (Å²) in [5.74, 6) is 1.45. The largest absolute Gasteiger partial charge is 0.483 e. The molecule has 0 aliphatic heterocycles. The van der Waals surface area contributed by atoms with E-state index in [9.17, 15) is 9.65 Å². The number of hydrogen-bond acceptors (Lipinski definition) is 5. The lowest BCUT2D eigenvalue weighted by molar-refractivity contribution is 0.213. The number of rotatable bonds is 7. The van der Waals surface area contributed by atoms with E-state index in [1.54, 1.807) is 12.1 Å². The summed E-state index contributed by atoms with van der Waals surface area (Å²) in [6, 6.07) is 25.4. The van der Waals surface area contributed by atoms with Gasteiger partial charge in [-0.1, -0.05) is 48.2 Å². The van der Waals surface area contributed by atoms with E-state index >= 15 is 0 Å². The Bertz CT molecular complexity index is 1200. The number of aromatic nitrogens is 3. The lowest BCUT2D eigenvalue weighted by Crippen LogP contribution is -2.11. The third-order valence-corrected chi connectivity index (χ3v) is 5.64. The van der Waals surface area contributed by atoms with Gasteiger partial charge in [-0.15, -0.1) is 10.2 Å². The second-order valence-electron chi connectivity index (χ2n) is 6.78. The Balaban J connectivity index is 1.64. The second kappa shape index (κ2) is 9.45. The Morgan fingerprint density at radius 3 is 2.45 bits per heavy atom. The lowest BCUT2D eigenvalue weighted by atomic mass is 10.1. The molecule has 0 spiro atoms. The van der Waals surface area contributed by atoms with Gasteiger partial charge in [0.25, 0.3) is 0 Å². The van der Waals surface area contributed by atoms with Crippen molar-refractivity contribution in [3.8, 4) is 17.5 Å². The number of para-hydroxylation sites is 1. The minimum Gasteiger partial charge on any atom is -0.483 e. The lowest BCUT2D eigenvalue weighted by Gasteiger charge is -2.16. The summed E-state index contributed by atoms with van der Waals surface area (Å²) in [7, 11) is 0. The molecule has 4 rings (SSSR count). The molecule has 0 amide bonds. The standard InChI is InChI=1S/C24H19FN4OS/c1-17(30-22-13-11-20(25)12-14-22)23-27-28-24(29(23)21-9-3-2-4-10-21)31-16-19-8-6-5-7-18(19)15-26/h2-14,17H,16H2,1H3. The fraction of sp³-hybridized carbons (Fsp3) is 0.125. The Morgan fingerprint density at radius 2 is 1.71 bits per heavy atom. The zero-order chi connectivity index (χ0) is 21.6. The highest BCUT2D eigenvalue weighted by Crippen LogP contribution is 2.30. The molecule has 0 saturated carbocycles. The molecule has 0 bridgehead atoms. The van der Waals surface area contributed by atoms with E-state index in [0.29, 0.717) is 28.0 Å². The first-order valence-corrected chi connectivity index (χ1v) is 10.7. The van der Waals surface area contributed by atoms with Crippen molar-refractivity contribution < 1.29 is 9.13 Å². The van der Waals surface area contributed by atoms with Gasteiger partial charge in [-0.25, -0.2) is 4.39 Å². The number of ether oxygens (including phenoxy) is 1. The summed E-state index contributed by atoms with van der Waals surface area (Å²) in [5.41, 5.74) is 2.50. The molecule has 0 saturated heterocycles. The summed E-state index contributed by atoms with van der Waals surface area (Å²) in [6.07, 6.45) is -0.418. The topological polar surface area (TPSA) is 63.7 Å². The van der Waals surface area contributed by atoms with Gasteiger partial charge < -0.3 is 4.74 Å². The van der Waals surface area contributed by atoms with E-state index in [2.05, 4.69) is 16.3 Å². The third kappa shape index (κ3) is 4.76. The third-order valence-electron chi connectivity index (χ3n) is 4.66. The van der Waals surface area contributed by atoms with Gasteiger partial charge in [-0.05, 0) is 55.0 Å². The Morgan fingerprint density at radius 1 is 1.00 bits per heavy atom. The van der Waals surface area contributed by atoms with Crippen molar-refractivity contribution in [2.24, 2.45) is 0 Å². The van der Waals surface area contributed by atoms with Crippen LogP contribution in [0.25, 0.3) is 5.69 Å². The van der Waals surface area contributed by atoms with Gasteiger partial charge in [-0.3, -0.25) is 4.57 Å². The van der Waals surface area contributed by atoms with Crippen LogP contribution < -0.4 is 4.74 Å². The smallest absolute Gasteiger partial charge is 0.196 e. The SMILES string of the molecule is CC(Oc1ccc(F)cc1)c1nnc(SCc2ccccc2C#N)n1-c1ccccc1. The van der Waals surface area contributed by atoms with E-state index in [4.69, 9.17) is 4.74 Å². The molecule has 5 nitrogen and oxygen atoms in total. The van der Waals surface area contributed by atoms with Crippen LogP contribution in [0.1, 0.15) is 30.0 Å². The average Bonchev–Trinajstić information content (AvgIpc) is 3.24. The molecular formula is C24H19FN4OS. The van der Waals surface area contributed by atoms with Crippen LogP contribution in [0.2, 0.25) is 0 Å². The Labute approximate surface area is 184 Å². The van der Waals surface area contributed by atoms with Crippen LogP contribution in [0.3, 0.4) is 0 Å². The van der Waals surface area contributed by atoms with Crippen molar-refractivity contribution >= 4 is 11.8 Å². The van der Waals surface area contributed by atoms with Crippen LogP contribution in [-0.2, 0) is 5.75 Å². The molecule has 0 aliphatic carbocycles. The van der Waals surface area contributed by atoms with Crippen molar-refractivity contribution in [2.75, 3.05) is 0 Å². The normalized spacial score (nSPS) is 11.6. The van der Waals surface area contributed by atoms with Gasteiger partial charge in [0, 0.05) is 11.4 Å². The van der Waals surface area contributed by atoms with Gasteiger partial charge in [0.1, 0.15) is 11.6 Å². The van der Waals surface area contributed by atoms with Crippen LogP contribution in [0.5, 0.6) is 5.75 Å². The van der Waals surface area contributed by atoms with Gasteiger partial charge in [-0.2, -0.15) is 5.26 Å². The number of nitrogens with zero attached hydrogens (tertiary/aromatic N) is 4. The minimum atomic E-state index is -0.418. The zero-order valence-corrected chi connectivity index (χ0v) is 17.6. The molecule has 1 unspecified atom stereocenters. The average molecular weight is 431 g/mol. The summed E-state index contributed by atoms with van der Waals surface area (Å²) >= 11 is 1.50. The molecule has 1 aromatic heterocycles. The molecule has 154 valence electrons. The quantitative estimate of drug-likeness (QED) is 0.351. The van der Waals surface area contributed by atoms with Gasteiger partial charge >= 0.3 is 0 Å². The van der Waals surface area contributed by atoms with E-state index in [1.807, 2.05) is 66.1 Å². The summed E-state index contributed by atoms with van der Waals surface area (Å²) in [5, 5.41) is 18.8. The number of benzene rings is 3.